The lowest BCUT2D eigenvalue weighted by atomic mass is 15.8. The number of hydrogen-bond acceptors (Lipinski definition) is 4. The van der Waals surface area contributed by atoms with Gasteiger partial charge in [-0.3, -0.25) is 9.11 Å². The molecule has 0 amide bonds. The largest absolute Gasteiger partial charge is 0.297 e. The molecule has 0 bridgehead atoms. The van der Waals surface area contributed by atoms with Crippen molar-refractivity contribution in [3.63, 3.8) is 0 Å². The molecule has 0 unspecified atom stereocenters. The molecule has 0 aromatic rings. The van der Waals surface area contributed by atoms with E-state index in [1.165, 1.54) is 0 Å². The summed E-state index contributed by atoms with van der Waals surface area (Å²) in [6.45, 7) is 0. The van der Waals surface area contributed by atoms with Crippen molar-refractivity contribution in [1.82, 2.24) is 0 Å². The third-order valence-corrected chi connectivity index (χ3v) is 1.71. The Balaban J connectivity index is 2.38. The summed E-state index contributed by atoms with van der Waals surface area (Å²) < 4.78 is 20.0. The van der Waals surface area contributed by atoms with Crippen LogP contribution in [0.4, 0.5) is 0 Å². The van der Waals surface area contributed by atoms with Crippen LogP contribution in [0.15, 0.2) is 0 Å². The Labute approximate surface area is 34.5 Å². The molecule has 5 heteroatoms. The van der Waals surface area contributed by atoms with Gasteiger partial charge in [-0.1, -0.05) is 0 Å². The molecule has 1 aliphatic rings. The molecule has 1 saturated heterocycles. The number of rotatable bonds is 0. The molecule has 0 aromatic heterocycles. The molecule has 0 saturated carbocycles. The van der Waals surface area contributed by atoms with Crippen molar-refractivity contribution >= 4 is 21.0 Å². The summed E-state index contributed by atoms with van der Waals surface area (Å²) in [6, 6.07) is 0. The van der Waals surface area contributed by atoms with Gasteiger partial charge in [0.25, 0.3) is 0 Å². The first-order valence-corrected chi connectivity index (χ1v) is 3.60. The van der Waals surface area contributed by atoms with E-state index < -0.39 is 9.90 Å². The van der Waals surface area contributed by atoms with Gasteiger partial charge in [0, 0.05) is 0 Å². The van der Waals surface area contributed by atoms with Gasteiger partial charge in [-0.2, -0.15) is 3.63 Å². The minimum Gasteiger partial charge on any atom is -0.297 e. The van der Waals surface area contributed by atoms with Crippen molar-refractivity contribution in [2.45, 2.75) is 0 Å². The van der Waals surface area contributed by atoms with Gasteiger partial charge in [0.05, 0.1) is 0 Å². The first-order valence-electron chi connectivity index (χ1n) is 0.865. The van der Waals surface area contributed by atoms with Crippen LogP contribution >= 0.6 is 21.0 Å². The minimum atomic E-state index is -2.50. The second-order valence-electron chi connectivity index (χ2n) is 0.584. The number of hydrogen-bond donors (Lipinski definition) is 2. The van der Waals surface area contributed by atoms with Crippen molar-refractivity contribution in [3.8, 4) is 0 Å². The fourth-order valence-electron chi connectivity index (χ4n) is 0.0248. The highest BCUT2D eigenvalue weighted by atomic mass is 33.2. The van der Waals surface area contributed by atoms with Gasteiger partial charge in [-0.15, -0.1) is 0 Å². The lowest BCUT2D eigenvalue weighted by molar-refractivity contribution is 0.460. The SMILES string of the molecule is OS1(O)OS1. The molecule has 3 nitrogen and oxygen atoms in total. The summed E-state index contributed by atoms with van der Waals surface area (Å²) in [5.74, 6) is 0. The normalized spacial score (nSPS) is 36.4. The maximum absolute atomic E-state index is 8.01. The van der Waals surface area contributed by atoms with Gasteiger partial charge in [-0.05, 0) is 0 Å². The average Bonchev–Trinajstić information content (AvgIpc) is 1.76. The molecule has 0 aromatic carbocycles. The molecule has 2 N–H and O–H groups in total. The van der Waals surface area contributed by atoms with E-state index in [0.717, 1.165) is 11.1 Å². The zero-order valence-electron chi connectivity index (χ0n) is 2.12. The van der Waals surface area contributed by atoms with Crippen LogP contribution in [-0.2, 0) is 3.63 Å². The summed E-state index contributed by atoms with van der Waals surface area (Å²) in [5, 5.41) is 0. The zero-order valence-corrected chi connectivity index (χ0v) is 3.75. The van der Waals surface area contributed by atoms with Gasteiger partial charge in [-0.25, -0.2) is 0 Å². The molecule has 32 valence electrons. The van der Waals surface area contributed by atoms with Crippen LogP contribution in [0.2, 0.25) is 0 Å². The molecule has 1 rings (SSSR count). The third kappa shape index (κ3) is 0.979. The van der Waals surface area contributed by atoms with Crippen LogP contribution in [-0.4, -0.2) is 9.11 Å². The molecule has 0 aliphatic carbocycles. The maximum Gasteiger partial charge on any atom is 0.183 e. The van der Waals surface area contributed by atoms with Crippen LogP contribution in [0.1, 0.15) is 0 Å². The predicted molar refractivity (Wildman–Crippen MR) is 21.5 cm³/mol. The molecule has 1 heterocycles. The van der Waals surface area contributed by atoms with E-state index in [-0.39, 0.29) is 0 Å². The van der Waals surface area contributed by atoms with Gasteiger partial charge in [0.15, 0.2) is 9.90 Å². The molecular formula is H2O3S2. The Hall–Kier alpha value is 0.580. The van der Waals surface area contributed by atoms with Gasteiger partial charge in [0.1, 0.15) is 11.1 Å². The molecule has 1 fully saturated rings. The van der Waals surface area contributed by atoms with Crippen molar-refractivity contribution in [2.24, 2.45) is 0 Å². The monoisotopic (exact) mass is 114 g/mol. The first kappa shape index (κ1) is 3.76. The van der Waals surface area contributed by atoms with Crippen molar-refractivity contribution in [2.75, 3.05) is 0 Å². The summed E-state index contributed by atoms with van der Waals surface area (Å²) in [5.41, 5.74) is 0. The van der Waals surface area contributed by atoms with E-state index in [9.17, 15) is 0 Å². The highest BCUT2D eigenvalue weighted by Gasteiger charge is 2.37. The average molecular weight is 114 g/mol. The second-order valence-corrected chi connectivity index (χ2v) is 3.87. The Morgan fingerprint density at radius 3 is 1.80 bits per heavy atom. The van der Waals surface area contributed by atoms with E-state index in [4.69, 9.17) is 9.11 Å². The standard InChI is InChI=1S/H2O3S2/c1-5(2)3-4-5/h1-2H. The Morgan fingerprint density at radius 2 is 1.80 bits per heavy atom. The van der Waals surface area contributed by atoms with E-state index in [1.54, 1.807) is 0 Å². The lowest BCUT2D eigenvalue weighted by Gasteiger charge is -1.84. The van der Waals surface area contributed by atoms with Gasteiger partial charge in [0.2, 0.25) is 0 Å². The summed E-state index contributed by atoms with van der Waals surface area (Å²) in [4.78, 5) is 0. The summed E-state index contributed by atoms with van der Waals surface area (Å²) >= 11 is 0.720. The smallest absolute Gasteiger partial charge is 0.183 e. The molecule has 0 spiro atoms. The first-order chi connectivity index (χ1) is 2.21. The predicted octanol–water partition coefficient (Wildman–Crippen LogP) is 1.25. The van der Waals surface area contributed by atoms with Crippen LogP contribution in [0, 0.1) is 0 Å². The molecule has 0 radical (unpaired) electrons. The lowest BCUT2D eigenvalue weighted by Crippen LogP contribution is -1.60. The Kier molecular flexibility index (Phi) is 0.599. The van der Waals surface area contributed by atoms with Crippen molar-refractivity contribution < 1.29 is 12.7 Å². The fraction of sp³-hybridized carbons (Fsp3) is 0. The van der Waals surface area contributed by atoms with E-state index in [1.807, 2.05) is 0 Å². The van der Waals surface area contributed by atoms with Gasteiger partial charge < -0.3 is 0 Å². The van der Waals surface area contributed by atoms with Crippen LogP contribution in [0.25, 0.3) is 0 Å². The van der Waals surface area contributed by atoms with Crippen molar-refractivity contribution in [3.05, 3.63) is 0 Å². The Morgan fingerprint density at radius 1 is 1.60 bits per heavy atom. The van der Waals surface area contributed by atoms with E-state index in [2.05, 4.69) is 3.63 Å². The Bertz CT molecular complexity index is 42.9. The fourth-order valence-corrected chi connectivity index (χ4v) is 0.671. The summed E-state index contributed by atoms with van der Waals surface area (Å²) in [6.07, 6.45) is 0. The quantitative estimate of drug-likeness (QED) is 0.282. The molecular weight excluding hydrogens is 112 g/mol. The van der Waals surface area contributed by atoms with E-state index >= 15 is 0 Å². The summed E-state index contributed by atoms with van der Waals surface area (Å²) in [7, 11) is -2.50. The zero-order chi connectivity index (χ0) is 3.91. The third-order valence-electron chi connectivity index (χ3n) is 0.190. The van der Waals surface area contributed by atoms with Crippen molar-refractivity contribution in [1.29, 1.82) is 0 Å². The highest BCUT2D eigenvalue weighted by Crippen LogP contribution is 2.73. The van der Waals surface area contributed by atoms with E-state index in [0.29, 0.717) is 0 Å². The molecule has 5 heavy (non-hydrogen) atoms. The molecule has 0 atom stereocenters. The molecule has 1 aliphatic heterocycles. The van der Waals surface area contributed by atoms with Gasteiger partial charge >= 0.3 is 0 Å². The topological polar surface area (TPSA) is 53.0 Å². The van der Waals surface area contributed by atoms with Crippen LogP contribution in [0.3, 0.4) is 0 Å². The van der Waals surface area contributed by atoms with Crippen LogP contribution in [0.5, 0.6) is 0 Å². The maximum atomic E-state index is 8.01. The second kappa shape index (κ2) is 0.797. The minimum absolute atomic E-state index is 0.720. The highest BCUT2D eigenvalue weighted by molar-refractivity contribution is 8.97. The van der Waals surface area contributed by atoms with Crippen LogP contribution < -0.4 is 0 Å².